The number of aromatic nitrogens is 4. The molecule has 118 valence electrons. The van der Waals surface area contributed by atoms with Gasteiger partial charge >= 0.3 is 0 Å². The average molecular weight is 303 g/mol. The highest BCUT2D eigenvalue weighted by molar-refractivity contribution is 5.79. The van der Waals surface area contributed by atoms with Crippen LogP contribution in [0.2, 0.25) is 0 Å². The third-order valence-electron chi connectivity index (χ3n) is 4.12. The minimum Gasteiger partial charge on any atom is -0.382 e. The first-order valence-electron chi connectivity index (χ1n) is 7.38. The van der Waals surface area contributed by atoms with E-state index < -0.39 is 0 Å². The summed E-state index contributed by atoms with van der Waals surface area (Å²) in [5.41, 5.74) is 3.06. The Hall–Kier alpha value is -2.15. The topological polar surface area (TPSA) is 65.2 Å². The number of amides is 1. The van der Waals surface area contributed by atoms with Gasteiger partial charge in [0, 0.05) is 33.9 Å². The highest BCUT2D eigenvalue weighted by Gasteiger charge is 2.33. The third kappa shape index (κ3) is 2.64. The molecule has 0 unspecified atom stereocenters. The smallest absolute Gasteiger partial charge is 0.229 e. The highest BCUT2D eigenvalue weighted by Crippen LogP contribution is 2.30. The van der Waals surface area contributed by atoms with Crippen LogP contribution in [0.15, 0.2) is 18.5 Å². The number of carbonyl (C=O) groups excluding carboxylic acids is 1. The molecular weight excluding hydrogens is 282 g/mol. The van der Waals surface area contributed by atoms with Crippen molar-refractivity contribution in [2.45, 2.75) is 18.9 Å². The van der Waals surface area contributed by atoms with Crippen LogP contribution in [0.3, 0.4) is 0 Å². The molecule has 2 aromatic heterocycles. The molecule has 1 aliphatic rings. The van der Waals surface area contributed by atoms with Crippen molar-refractivity contribution in [2.75, 3.05) is 20.3 Å². The van der Waals surface area contributed by atoms with Crippen LogP contribution in [-0.2, 0) is 36.5 Å². The lowest BCUT2D eigenvalue weighted by molar-refractivity contribution is -0.134. The van der Waals surface area contributed by atoms with Gasteiger partial charge in [-0.25, -0.2) is 0 Å². The highest BCUT2D eigenvalue weighted by atomic mass is 16.5. The summed E-state index contributed by atoms with van der Waals surface area (Å²) in [5.74, 6) is 0.0765. The van der Waals surface area contributed by atoms with Crippen LogP contribution in [0, 0.1) is 0 Å². The van der Waals surface area contributed by atoms with Crippen LogP contribution in [0.4, 0.5) is 0 Å². The van der Waals surface area contributed by atoms with E-state index in [1.165, 1.54) is 5.56 Å². The summed E-state index contributed by atoms with van der Waals surface area (Å²) in [6, 6.07) is 1.79. The molecule has 0 aromatic carbocycles. The number of carbonyl (C=O) groups is 1. The summed E-state index contributed by atoms with van der Waals surface area (Å²) in [5, 5.41) is 8.61. The van der Waals surface area contributed by atoms with Crippen LogP contribution in [0.1, 0.15) is 23.0 Å². The van der Waals surface area contributed by atoms with Crippen molar-refractivity contribution in [3.63, 3.8) is 0 Å². The SMILES string of the molecule is COC[C@H]1c2c(cnn2C)CCN1C(=O)Cc1ccn(C)n1. The molecule has 7 nitrogen and oxygen atoms in total. The van der Waals surface area contributed by atoms with E-state index in [0.717, 1.165) is 17.8 Å². The van der Waals surface area contributed by atoms with Gasteiger partial charge in [-0.15, -0.1) is 0 Å². The maximum Gasteiger partial charge on any atom is 0.229 e. The lowest BCUT2D eigenvalue weighted by atomic mass is 9.99. The summed E-state index contributed by atoms with van der Waals surface area (Å²) in [7, 11) is 5.42. The van der Waals surface area contributed by atoms with Crippen molar-refractivity contribution < 1.29 is 9.53 Å². The molecule has 3 heterocycles. The molecule has 0 radical (unpaired) electrons. The Morgan fingerprint density at radius 2 is 2.27 bits per heavy atom. The normalized spacial score (nSPS) is 17.6. The number of ether oxygens (including phenoxy) is 1. The predicted octanol–water partition coefficient (Wildman–Crippen LogP) is 0.468. The minimum absolute atomic E-state index is 0.0765. The Labute approximate surface area is 129 Å². The third-order valence-corrected chi connectivity index (χ3v) is 4.12. The molecule has 1 aliphatic heterocycles. The van der Waals surface area contributed by atoms with Crippen molar-refractivity contribution in [3.8, 4) is 0 Å². The molecule has 0 fully saturated rings. The molecule has 2 aromatic rings. The van der Waals surface area contributed by atoms with E-state index in [9.17, 15) is 4.79 Å². The van der Waals surface area contributed by atoms with Gasteiger partial charge in [0.25, 0.3) is 0 Å². The molecule has 1 atom stereocenters. The molecule has 0 aliphatic carbocycles. The number of methoxy groups -OCH3 is 1. The van der Waals surface area contributed by atoms with Crippen molar-refractivity contribution in [3.05, 3.63) is 35.4 Å². The van der Waals surface area contributed by atoms with Gasteiger partial charge in [0.05, 0.1) is 36.7 Å². The lowest BCUT2D eigenvalue weighted by Gasteiger charge is -2.35. The first kappa shape index (κ1) is 14.8. The minimum atomic E-state index is -0.0857. The number of hydrogen-bond acceptors (Lipinski definition) is 4. The fourth-order valence-electron chi connectivity index (χ4n) is 3.10. The van der Waals surface area contributed by atoms with E-state index in [1.54, 1.807) is 11.8 Å². The quantitative estimate of drug-likeness (QED) is 0.823. The average Bonchev–Trinajstić information content (AvgIpc) is 3.06. The van der Waals surface area contributed by atoms with Gasteiger partial charge in [0.15, 0.2) is 0 Å². The lowest BCUT2D eigenvalue weighted by Crippen LogP contribution is -2.43. The van der Waals surface area contributed by atoms with Crippen molar-refractivity contribution in [2.24, 2.45) is 14.1 Å². The summed E-state index contributed by atoms with van der Waals surface area (Å²) in [6.07, 6.45) is 4.88. The van der Waals surface area contributed by atoms with Gasteiger partial charge in [-0.1, -0.05) is 0 Å². The van der Waals surface area contributed by atoms with E-state index in [1.807, 2.05) is 42.1 Å². The summed E-state index contributed by atoms with van der Waals surface area (Å²) in [4.78, 5) is 14.6. The first-order chi connectivity index (χ1) is 10.6. The monoisotopic (exact) mass is 303 g/mol. The van der Waals surface area contributed by atoms with Crippen LogP contribution >= 0.6 is 0 Å². The van der Waals surface area contributed by atoms with E-state index in [4.69, 9.17) is 4.74 Å². The zero-order valence-corrected chi connectivity index (χ0v) is 13.2. The van der Waals surface area contributed by atoms with Gasteiger partial charge in [0.2, 0.25) is 5.91 Å². The van der Waals surface area contributed by atoms with E-state index >= 15 is 0 Å². The summed E-state index contributed by atoms with van der Waals surface area (Å²) < 4.78 is 8.90. The van der Waals surface area contributed by atoms with Gasteiger partial charge in [-0.2, -0.15) is 10.2 Å². The molecule has 0 N–H and O–H groups in total. The Kier molecular flexibility index (Phi) is 3.98. The van der Waals surface area contributed by atoms with Crippen LogP contribution in [0.5, 0.6) is 0 Å². The van der Waals surface area contributed by atoms with Crippen molar-refractivity contribution >= 4 is 5.91 Å². The van der Waals surface area contributed by atoms with Gasteiger partial charge in [0.1, 0.15) is 0 Å². The fourth-order valence-corrected chi connectivity index (χ4v) is 3.10. The molecular formula is C15H21N5O2. The first-order valence-corrected chi connectivity index (χ1v) is 7.38. The van der Waals surface area contributed by atoms with Gasteiger partial charge < -0.3 is 9.64 Å². The van der Waals surface area contributed by atoms with Crippen molar-refractivity contribution in [1.82, 2.24) is 24.5 Å². The fraction of sp³-hybridized carbons (Fsp3) is 0.533. The largest absolute Gasteiger partial charge is 0.382 e. The molecule has 22 heavy (non-hydrogen) atoms. The van der Waals surface area contributed by atoms with Gasteiger partial charge in [-0.05, 0) is 18.1 Å². The summed E-state index contributed by atoms with van der Waals surface area (Å²) >= 11 is 0. The van der Waals surface area contributed by atoms with Crippen LogP contribution in [-0.4, -0.2) is 50.6 Å². The molecule has 1 amide bonds. The van der Waals surface area contributed by atoms with E-state index in [0.29, 0.717) is 19.6 Å². The zero-order chi connectivity index (χ0) is 15.7. The number of hydrogen-bond donors (Lipinski definition) is 0. The van der Waals surface area contributed by atoms with Crippen LogP contribution < -0.4 is 0 Å². The predicted molar refractivity (Wildman–Crippen MR) is 80.2 cm³/mol. The van der Waals surface area contributed by atoms with Crippen LogP contribution in [0.25, 0.3) is 0 Å². The molecule has 0 bridgehead atoms. The number of rotatable bonds is 4. The Morgan fingerprint density at radius 3 is 2.95 bits per heavy atom. The number of nitrogens with zero attached hydrogens (tertiary/aromatic N) is 5. The molecule has 3 rings (SSSR count). The molecule has 0 saturated carbocycles. The Balaban J connectivity index is 1.83. The standard InChI is InChI=1S/C15H21N5O2/c1-18-6-5-12(17-18)8-14(21)20-7-4-11-9-16-19(2)15(11)13(20)10-22-3/h5-6,9,13H,4,7-8,10H2,1-3H3/t13-/m0/s1. The maximum absolute atomic E-state index is 12.7. The second-order valence-corrected chi connectivity index (χ2v) is 5.64. The Bertz CT molecular complexity index is 675. The number of fused-ring (bicyclic) bond motifs is 1. The zero-order valence-electron chi connectivity index (χ0n) is 13.2. The summed E-state index contributed by atoms with van der Waals surface area (Å²) in [6.45, 7) is 1.17. The molecule has 0 spiro atoms. The molecule has 0 saturated heterocycles. The van der Waals surface area contributed by atoms with E-state index in [-0.39, 0.29) is 11.9 Å². The Morgan fingerprint density at radius 1 is 1.45 bits per heavy atom. The maximum atomic E-state index is 12.7. The van der Waals surface area contributed by atoms with E-state index in [2.05, 4.69) is 10.2 Å². The van der Waals surface area contributed by atoms with Gasteiger partial charge in [-0.3, -0.25) is 14.2 Å². The molecule has 7 heteroatoms. The second kappa shape index (κ2) is 5.92. The van der Waals surface area contributed by atoms with Crippen molar-refractivity contribution in [1.29, 1.82) is 0 Å². The second-order valence-electron chi connectivity index (χ2n) is 5.64. The number of aryl methyl sites for hydroxylation is 2.